The number of aliphatic imine (C=N–C) groups is 1. The Morgan fingerprint density at radius 3 is 2.76 bits per heavy atom. The first-order chi connectivity index (χ1) is 17.8. The van der Waals surface area contributed by atoms with E-state index in [-0.39, 0.29) is 47.1 Å². The summed E-state index contributed by atoms with van der Waals surface area (Å²) in [5.74, 6) is 0.641. The summed E-state index contributed by atoms with van der Waals surface area (Å²) in [6, 6.07) is 4.51. The van der Waals surface area contributed by atoms with Gasteiger partial charge in [0.25, 0.3) is 0 Å². The Morgan fingerprint density at radius 1 is 1.22 bits per heavy atom. The molecular weight excluding hydrogens is 495 g/mol. The summed E-state index contributed by atoms with van der Waals surface area (Å²) in [5.41, 5.74) is -0.0920. The summed E-state index contributed by atoms with van der Waals surface area (Å²) in [4.78, 5) is 36.5. The quantitative estimate of drug-likeness (QED) is 0.396. The van der Waals surface area contributed by atoms with E-state index in [0.29, 0.717) is 50.3 Å². The predicted octanol–water partition coefficient (Wildman–Crippen LogP) is 4.55. The van der Waals surface area contributed by atoms with Gasteiger partial charge in [-0.05, 0) is 57.2 Å². The number of hydrogen-bond donors (Lipinski definition) is 0. The molecule has 1 aromatic carbocycles. The molecule has 37 heavy (non-hydrogen) atoms. The largest absolute Gasteiger partial charge is 0.485 e. The Hall–Kier alpha value is -2.61. The number of rotatable bonds is 1. The first kappa shape index (κ1) is 24.7. The fraction of sp³-hybridized carbons (Fsp3) is 0.607. The third-order valence-electron chi connectivity index (χ3n) is 9.25. The molecule has 3 amide bonds. The van der Waals surface area contributed by atoms with E-state index >= 15 is 4.39 Å². The molecule has 2 bridgehead atoms. The van der Waals surface area contributed by atoms with Crippen LogP contribution in [0.15, 0.2) is 35.8 Å². The molecule has 2 saturated carbocycles. The highest BCUT2D eigenvalue weighted by Gasteiger charge is 2.55. The molecule has 3 heterocycles. The second-order valence-corrected chi connectivity index (χ2v) is 11.8. The topological polar surface area (TPSA) is 65.5 Å². The van der Waals surface area contributed by atoms with Gasteiger partial charge in [0.1, 0.15) is 23.0 Å². The van der Waals surface area contributed by atoms with Crippen molar-refractivity contribution in [3.8, 4) is 5.75 Å². The number of piperazine rings is 1. The molecule has 0 spiro atoms. The molecule has 5 unspecified atom stereocenters. The number of carbonyl (C=O) groups excluding carboxylic acids is 2. The summed E-state index contributed by atoms with van der Waals surface area (Å²) in [5, 5.41) is -0.322. The Labute approximate surface area is 222 Å². The lowest BCUT2D eigenvalue weighted by Gasteiger charge is -2.54. The standard InChI is InChI=1S/C28H34ClFN4O3/c1-3-24(35)32-11-13-33(14-12-32)26-18-15-19(29)17-16-21(18)34(27(36)31-26)23-9-4-5-10-28(23,2)37-22-8-6-7-20(30)25(17)22/h3,6-8,17-19,21,23H,1,4-5,9-16H2,2H3/t17?,18?,19?,21?,23-,28?/m0/s1. The number of fused-ring (bicyclic) bond motifs is 5. The average molecular weight is 529 g/mol. The Balaban J connectivity index is 1.41. The molecule has 1 saturated heterocycles. The Morgan fingerprint density at radius 2 is 2.00 bits per heavy atom. The minimum absolute atomic E-state index is 0.0439. The van der Waals surface area contributed by atoms with Crippen molar-refractivity contribution < 1.29 is 18.7 Å². The van der Waals surface area contributed by atoms with Gasteiger partial charge in [-0.15, -0.1) is 11.6 Å². The maximum atomic E-state index is 15.4. The minimum atomic E-state index is -0.635. The smallest absolute Gasteiger partial charge is 0.345 e. The zero-order valence-corrected chi connectivity index (χ0v) is 22.0. The van der Waals surface area contributed by atoms with Crippen molar-refractivity contribution in [3.63, 3.8) is 0 Å². The van der Waals surface area contributed by atoms with Crippen molar-refractivity contribution in [2.75, 3.05) is 26.2 Å². The zero-order valence-electron chi connectivity index (χ0n) is 21.2. The average Bonchev–Trinajstić information content (AvgIpc) is 2.93. The molecular formula is C28H34ClFN4O3. The molecule has 0 radical (unpaired) electrons. The number of hydrogen-bond acceptors (Lipinski definition) is 4. The van der Waals surface area contributed by atoms with Crippen molar-refractivity contribution >= 4 is 29.4 Å². The van der Waals surface area contributed by atoms with Crippen LogP contribution in [-0.4, -0.2) is 81.7 Å². The maximum absolute atomic E-state index is 15.4. The van der Waals surface area contributed by atoms with Crippen LogP contribution < -0.4 is 4.74 Å². The van der Waals surface area contributed by atoms with Crippen LogP contribution in [0.4, 0.5) is 9.18 Å². The number of urea groups is 1. The van der Waals surface area contributed by atoms with Gasteiger partial charge in [0, 0.05) is 55.0 Å². The SMILES string of the molecule is C=CC(=O)N1CCN(C2=NC(=O)N3C4CC(c5c(F)cccc5OC5(C)CCCC[C@H]35)C(Cl)CC24)CC1. The number of carbonyl (C=O) groups is 2. The minimum Gasteiger partial charge on any atom is -0.485 e. The molecule has 3 aliphatic heterocycles. The van der Waals surface area contributed by atoms with E-state index < -0.39 is 5.60 Å². The van der Waals surface area contributed by atoms with Crippen LogP contribution in [0, 0.1) is 11.7 Å². The highest BCUT2D eigenvalue weighted by Crippen LogP contribution is 2.51. The van der Waals surface area contributed by atoms with E-state index in [0.717, 1.165) is 31.5 Å². The van der Waals surface area contributed by atoms with Crippen molar-refractivity contribution in [1.29, 1.82) is 0 Å². The molecule has 0 aromatic heterocycles. The number of alkyl halides is 1. The van der Waals surface area contributed by atoms with Crippen LogP contribution in [0.5, 0.6) is 5.75 Å². The van der Waals surface area contributed by atoms with E-state index in [1.807, 2.05) is 11.0 Å². The summed E-state index contributed by atoms with van der Waals surface area (Å²) < 4.78 is 22.1. The maximum Gasteiger partial charge on any atom is 0.345 e. The number of nitrogens with zero attached hydrogens (tertiary/aromatic N) is 4. The van der Waals surface area contributed by atoms with E-state index in [4.69, 9.17) is 21.3 Å². The van der Waals surface area contributed by atoms with Gasteiger partial charge in [0.15, 0.2) is 0 Å². The molecule has 1 aromatic rings. The zero-order chi connectivity index (χ0) is 25.9. The third kappa shape index (κ3) is 4.03. The van der Waals surface area contributed by atoms with Gasteiger partial charge in [-0.1, -0.05) is 19.1 Å². The first-order valence-electron chi connectivity index (χ1n) is 13.5. The Bertz CT molecular complexity index is 1150. The first-order valence-corrected chi connectivity index (χ1v) is 13.9. The molecule has 7 nitrogen and oxygen atoms in total. The van der Waals surface area contributed by atoms with E-state index in [9.17, 15) is 9.59 Å². The van der Waals surface area contributed by atoms with Crippen molar-refractivity contribution in [3.05, 3.63) is 42.2 Å². The lowest BCUT2D eigenvalue weighted by atomic mass is 9.71. The lowest BCUT2D eigenvalue weighted by molar-refractivity contribution is -0.127. The van der Waals surface area contributed by atoms with Gasteiger partial charge in [0.2, 0.25) is 5.91 Å². The second-order valence-electron chi connectivity index (χ2n) is 11.3. The second kappa shape index (κ2) is 9.29. The van der Waals surface area contributed by atoms with E-state index in [1.54, 1.807) is 11.0 Å². The molecule has 2 aliphatic carbocycles. The lowest BCUT2D eigenvalue weighted by Crippen LogP contribution is -2.66. The van der Waals surface area contributed by atoms with Gasteiger partial charge in [-0.3, -0.25) is 4.79 Å². The highest BCUT2D eigenvalue weighted by atomic mass is 35.5. The fourth-order valence-electron chi connectivity index (χ4n) is 7.41. The number of amides is 3. The van der Waals surface area contributed by atoms with Gasteiger partial charge in [-0.2, -0.15) is 4.99 Å². The predicted molar refractivity (Wildman–Crippen MR) is 140 cm³/mol. The normalized spacial score (nSPS) is 35.2. The van der Waals surface area contributed by atoms with E-state index in [2.05, 4.69) is 18.4 Å². The molecule has 0 N–H and O–H groups in total. The summed E-state index contributed by atoms with van der Waals surface area (Å²) in [7, 11) is 0. The summed E-state index contributed by atoms with van der Waals surface area (Å²) >= 11 is 7.05. The van der Waals surface area contributed by atoms with Crippen molar-refractivity contribution in [1.82, 2.24) is 14.7 Å². The van der Waals surface area contributed by atoms with Gasteiger partial charge in [0.05, 0.1) is 6.04 Å². The molecule has 5 aliphatic rings. The third-order valence-corrected chi connectivity index (χ3v) is 9.74. The monoisotopic (exact) mass is 528 g/mol. The molecule has 9 heteroatoms. The van der Waals surface area contributed by atoms with Gasteiger partial charge < -0.3 is 19.4 Å². The molecule has 3 fully saturated rings. The number of benzene rings is 1. The molecule has 6 rings (SSSR count). The highest BCUT2D eigenvalue weighted by molar-refractivity contribution is 6.21. The van der Waals surface area contributed by atoms with Gasteiger partial charge in [-0.25, -0.2) is 9.18 Å². The number of ether oxygens (including phenoxy) is 1. The van der Waals surface area contributed by atoms with Crippen molar-refractivity contribution in [2.45, 2.75) is 74.4 Å². The summed E-state index contributed by atoms with van der Waals surface area (Å²) in [6.45, 7) is 7.98. The van der Waals surface area contributed by atoms with Crippen LogP contribution in [-0.2, 0) is 4.79 Å². The van der Waals surface area contributed by atoms with Crippen LogP contribution in [0.1, 0.15) is 56.9 Å². The fourth-order valence-corrected chi connectivity index (χ4v) is 7.83. The molecule has 6 atom stereocenters. The van der Waals surface area contributed by atoms with Gasteiger partial charge >= 0.3 is 6.03 Å². The van der Waals surface area contributed by atoms with E-state index in [1.165, 1.54) is 12.1 Å². The summed E-state index contributed by atoms with van der Waals surface area (Å²) in [6.07, 6.45) is 6.14. The number of halogens is 2. The number of amidine groups is 1. The van der Waals surface area contributed by atoms with Crippen LogP contribution in [0.3, 0.4) is 0 Å². The van der Waals surface area contributed by atoms with Crippen LogP contribution >= 0.6 is 11.6 Å². The van der Waals surface area contributed by atoms with Crippen molar-refractivity contribution in [2.24, 2.45) is 10.9 Å². The molecule has 198 valence electrons. The van der Waals surface area contributed by atoms with Crippen LogP contribution in [0.25, 0.3) is 0 Å². The Kier molecular flexibility index (Phi) is 6.21. The van der Waals surface area contributed by atoms with Crippen LogP contribution in [0.2, 0.25) is 0 Å².